The lowest BCUT2D eigenvalue weighted by atomic mass is 10.1. The van der Waals surface area contributed by atoms with E-state index in [4.69, 9.17) is 11.6 Å². The van der Waals surface area contributed by atoms with Gasteiger partial charge in [0.15, 0.2) is 0 Å². The first-order chi connectivity index (χ1) is 11.7. The molecule has 1 saturated heterocycles. The van der Waals surface area contributed by atoms with Crippen molar-refractivity contribution in [3.8, 4) is 0 Å². The maximum Gasteiger partial charge on any atom is 0.244 e. The van der Waals surface area contributed by atoms with Crippen LogP contribution in [0.25, 0.3) is 0 Å². The average molecular weight is 348 g/mol. The number of aromatic nitrogens is 3. The van der Waals surface area contributed by atoms with Crippen molar-refractivity contribution < 1.29 is 4.79 Å². The smallest absolute Gasteiger partial charge is 0.244 e. The van der Waals surface area contributed by atoms with Crippen molar-refractivity contribution in [2.24, 2.45) is 0 Å². The number of nitrogens with one attached hydrogen (secondary N) is 1. The highest BCUT2D eigenvalue weighted by Gasteiger charge is 2.26. The predicted molar refractivity (Wildman–Crippen MR) is 92.7 cm³/mol. The molecule has 6 nitrogen and oxygen atoms in total. The van der Waals surface area contributed by atoms with Gasteiger partial charge in [0.25, 0.3) is 0 Å². The summed E-state index contributed by atoms with van der Waals surface area (Å²) in [6.07, 6.45) is 5.35. The van der Waals surface area contributed by atoms with Gasteiger partial charge in [0.2, 0.25) is 5.91 Å². The quantitative estimate of drug-likeness (QED) is 0.871. The van der Waals surface area contributed by atoms with Crippen molar-refractivity contribution in [3.05, 3.63) is 47.5 Å². The second-order valence-electron chi connectivity index (χ2n) is 6.08. The van der Waals surface area contributed by atoms with Crippen LogP contribution in [0.1, 0.15) is 37.4 Å². The van der Waals surface area contributed by atoms with Crippen molar-refractivity contribution in [1.29, 1.82) is 0 Å². The maximum absolute atomic E-state index is 12.4. The summed E-state index contributed by atoms with van der Waals surface area (Å²) in [5, 5.41) is 7.82. The molecule has 0 saturated carbocycles. The summed E-state index contributed by atoms with van der Waals surface area (Å²) in [4.78, 5) is 18.7. The Labute approximate surface area is 146 Å². The van der Waals surface area contributed by atoms with E-state index in [0.717, 1.165) is 23.7 Å². The van der Waals surface area contributed by atoms with Gasteiger partial charge in [0.05, 0.1) is 6.04 Å². The van der Waals surface area contributed by atoms with E-state index in [1.807, 2.05) is 31.2 Å². The first kappa shape index (κ1) is 16.9. The first-order valence-corrected chi connectivity index (χ1v) is 8.65. The second-order valence-corrected chi connectivity index (χ2v) is 6.48. The lowest BCUT2D eigenvalue weighted by Gasteiger charge is -2.29. The third kappa shape index (κ3) is 3.76. The minimum absolute atomic E-state index is 0.0725. The molecule has 1 N–H and O–H groups in total. The van der Waals surface area contributed by atoms with Gasteiger partial charge in [-0.2, -0.15) is 5.10 Å². The standard InChI is InChI=1S/C17H22ClN5O/c1-13(23-12-19-11-21-23)17(24)20-10-16(22-8-4-5-9-22)14-6-2-3-7-15(14)18/h2-3,6-7,11-13,16H,4-5,8-10H2,1H3,(H,20,24)/t13-,16+/m0/s1. The molecule has 3 rings (SSSR count). The molecule has 1 amide bonds. The molecule has 1 fully saturated rings. The van der Waals surface area contributed by atoms with Crippen LogP contribution in [0.15, 0.2) is 36.9 Å². The molecule has 1 aliphatic heterocycles. The molecule has 0 radical (unpaired) electrons. The monoisotopic (exact) mass is 347 g/mol. The number of hydrogen-bond donors (Lipinski definition) is 1. The fourth-order valence-corrected chi connectivity index (χ4v) is 3.38. The van der Waals surface area contributed by atoms with Gasteiger partial charge in [0, 0.05) is 11.6 Å². The van der Waals surface area contributed by atoms with Crippen LogP contribution >= 0.6 is 11.6 Å². The second kappa shape index (κ2) is 7.77. The normalized spacial score (nSPS) is 17.6. The van der Waals surface area contributed by atoms with Gasteiger partial charge in [-0.15, -0.1) is 0 Å². The molecule has 1 aromatic heterocycles. The highest BCUT2D eigenvalue weighted by atomic mass is 35.5. The maximum atomic E-state index is 12.4. The van der Waals surface area contributed by atoms with E-state index in [9.17, 15) is 4.79 Å². The zero-order valence-electron chi connectivity index (χ0n) is 13.7. The summed E-state index contributed by atoms with van der Waals surface area (Å²) in [7, 11) is 0. The van der Waals surface area contributed by atoms with Gasteiger partial charge in [0.1, 0.15) is 18.7 Å². The fourth-order valence-electron chi connectivity index (χ4n) is 3.12. The number of amides is 1. The Hall–Kier alpha value is -1.92. The van der Waals surface area contributed by atoms with Crippen LogP contribution in [0.3, 0.4) is 0 Å². The molecule has 1 aliphatic rings. The topological polar surface area (TPSA) is 63.1 Å². The van der Waals surface area contributed by atoms with Crippen molar-refractivity contribution >= 4 is 17.5 Å². The molecule has 0 unspecified atom stereocenters. The van der Waals surface area contributed by atoms with Crippen LogP contribution in [0.2, 0.25) is 5.02 Å². The van der Waals surface area contributed by atoms with E-state index in [2.05, 4.69) is 20.3 Å². The Morgan fingerprint density at radius 3 is 2.75 bits per heavy atom. The van der Waals surface area contributed by atoms with E-state index >= 15 is 0 Å². The van der Waals surface area contributed by atoms with Gasteiger partial charge >= 0.3 is 0 Å². The largest absolute Gasteiger partial charge is 0.352 e. The van der Waals surface area contributed by atoms with Crippen molar-refractivity contribution in [2.75, 3.05) is 19.6 Å². The van der Waals surface area contributed by atoms with E-state index in [-0.39, 0.29) is 11.9 Å². The molecule has 1 aromatic carbocycles. The third-order valence-electron chi connectivity index (χ3n) is 4.53. The number of carbonyl (C=O) groups excluding carboxylic acids is 1. The third-order valence-corrected chi connectivity index (χ3v) is 4.87. The van der Waals surface area contributed by atoms with Crippen LogP contribution in [0, 0.1) is 0 Å². The predicted octanol–water partition coefficient (Wildman–Crippen LogP) is 2.45. The van der Waals surface area contributed by atoms with E-state index in [1.165, 1.54) is 19.2 Å². The molecule has 0 spiro atoms. The Morgan fingerprint density at radius 1 is 1.33 bits per heavy atom. The van der Waals surface area contributed by atoms with Gasteiger partial charge in [-0.25, -0.2) is 9.67 Å². The summed E-state index contributed by atoms with van der Waals surface area (Å²) in [5.41, 5.74) is 1.06. The zero-order chi connectivity index (χ0) is 16.9. The summed E-state index contributed by atoms with van der Waals surface area (Å²) in [6.45, 7) is 4.40. The fraction of sp³-hybridized carbons (Fsp3) is 0.471. The summed E-state index contributed by atoms with van der Waals surface area (Å²) >= 11 is 6.39. The minimum atomic E-state index is -0.391. The number of rotatable bonds is 6. The van der Waals surface area contributed by atoms with E-state index in [0.29, 0.717) is 6.54 Å². The molecular formula is C17H22ClN5O. The van der Waals surface area contributed by atoms with Gasteiger partial charge in [-0.05, 0) is 44.5 Å². The Kier molecular flexibility index (Phi) is 5.48. The van der Waals surface area contributed by atoms with Crippen LogP contribution in [-0.4, -0.2) is 45.2 Å². The Morgan fingerprint density at radius 2 is 2.08 bits per heavy atom. The summed E-state index contributed by atoms with van der Waals surface area (Å²) in [6, 6.07) is 7.56. The highest BCUT2D eigenvalue weighted by molar-refractivity contribution is 6.31. The average Bonchev–Trinajstić information content (AvgIpc) is 3.29. The number of halogens is 1. The van der Waals surface area contributed by atoms with E-state index < -0.39 is 6.04 Å². The molecule has 0 aliphatic carbocycles. The van der Waals surface area contributed by atoms with Crippen molar-refractivity contribution in [3.63, 3.8) is 0 Å². The lowest BCUT2D eigenvalue weighted by Crippen LogP contribution is -2.39. The summed E-state index contributed by atoms with van der Waals surface area (Å²) in [5.74, 6) is -0.0725. The molecule has 2 atom stereocenters. The van der Waals surface area contributed by atoms with Crippen molar-refractivity contribution in [1.82, 2.24) is 25.0 Å². The number of nitrogens with zero attached hydrogens (tertiary/aromatic N) is 4. The number of likely N-dealkylation sites (tertiary alicyclic amines) is 1. The molecule has 2 heterocycles. The van der Waals surface area contributed by atoms with Crippen LogP contribution in [0.4, 0.5) is 0 Å². The highest BCUT2D eigenvalue weighted by Crippen LogP contribution is 2.29. The first-order valence-electron chi connectivity index (χ1n) is 8.27. The van der Waals surface area contributed by atoms with Crippen LogP contribution in [-0.2, 0) is 4.79 Å². The SMILES string of the molecule is C[C@@H](C(=O)NC[C@H](c1ccccc1Cl)N1CCCC1)n1cncn1. The molecule has 0 bridgehead atoms. The number of hydrogen-bond acceptors (Lipinski definition) is 4. The number of carbonyl (C=O) groups is 1. The van der Waals surface area contributed by atoms with Crippen LogP contribution in [0.5, 0.6) is 0 Å². The van der Waals surface area contributed by atoms with Crippen LogP contribution < -0.4 is 5.32 Å². The molecule has 24 heavy (non-hydrogen) atoms. The van der Waals surface area contributed by atoms with Crippen molar-refractivity contribution in [2.45, 2.75) is 31.8 Å². The zero-order valence-corrected chi connectivity index (χ0v) is 14.5. The van der Waals surface area contributed by atoms with Gasteiger partial charge in [-0.3, -0.25) is 9.69 Å². The molecule has 7 heteroatoms. The molecule has 2 aromatic rings. The Bertz CT molecular complexity index is 669. The lowest BCUT2D eigenvalue weighted by molar-refractivity contribution is -0.124. The molecule has 128 valence electrons. The molecular weight excluding hydrogens is 326 g/mol. The minimum Gasteiger partial charge on any atom is -0.352 e. The number of benzene rings is 1. The Balaban J connectivity index is 1.70. The summed E-state index contributed by atoms with van der Waals surface area (Å²) < 4.78 is 1.55. The van der Waals surface area contributed by atoms with Gasteiger partial charge < -0.3 is 5.32 Å². The van der Waals surface area contributed by atoms with E-state index in [1.54, 1.807) is 11.0 Å². The van der Waals surface area contributed by atoms with Gasteiger partial charge in [-0.1, -0.05) is 29.8 Å².